The summed E-state index contributed by atoms with van der Waals surface area (Å²) in [5.41, 5.74) is 2.20. The van der Waals surface area contributed by atoms with Gasteiger partial charge in [-0.3, -0.25) is 0 Å². The number of benzene rings is 1. The molecule has 1 heterocycles. The summed E-state index contributed by atoms with van der Waals surface area (Å²) in [6.07, 6.45) is 3.72. The molecule has 90 valence electrons. The van der Waals surface area contributed by atoms with E-state index in [1.54, 1.807) is 6.20 Å². The summed E-state index contributed by atoms with van der Waals surface area (Å²) in [6, 6.07) is 5.97. The number of nitrogens with zero attached hydrogens (tertiary/aromatic N) is 2. The van der Waals surface area contributed by atoms with Crippen molar-refractivity contribution in [2.75, 3.05) is 6.54 Å². The molecule has 17 heavy (non-hydrogen) atoms. The lowest BCUT2D eigenvalue weighted by atomic mass is 10.1. The number of halogens is 1. The van der Waals surface area contributed by atoms with E-state index in [2.05, 4.69) is 23.3 Å². The Hall–Kier alpha value is -1.32. The van der Waals surface area contributed by atoms with Crippen LogP contribution in [0, 0.1) is 6.92 Å². The molecule has 0 saturated heterocycles. The van der Waals surface area contributed by atoms with Crippen LogP contribution in [0.4, 0.5) is 0 Å². The van der Waals surface area contributed by atoms with Gasteiger partial charge in [0.2, 0.25) is 0 Å². The zero-order valence-corrected chi connectivity index (χ0v) is 10.8. The fraction of sp³-hybridized carbons (Fsp3) is 0.308. The van der Waals surface area contributed by atoms with Crippen molar-refractivity contribution in [1.29, 1.82) is 0 Å². The van der Waals surface area contributed by atoms with Gasteiger partial charge in [-0.25, -0.2) is 4.98 Å². The number of hydrogen-bond acceptors (Lipinski definition) is 2. The Kier molecular flexibility index (Phi) is 3.82. The summed E-state index contributed by atoms with van der Waals surface area (Å²) in [5, 5.41) is 4.07. The molecule has 1 aromatic heterocycles. The second kappa shape index (κ2) is 5.34. The molecule has 1 N–H and O–H groups in total. The summed E-state index contributed by atoms with van der Waals surface area (Å²) in [4.78, 5) is 4.24. The standard InChI is InChI=1S/C13H16ClN3/c1-3-15-9-11-5-4-6-12(14)13(11)17-8-7-16-10(17)2/h4-8,15H,3,9H2,1-2H3. The molecule has 0 spiro atoms. The zero-order valence-electron chi connectivity index (χ0n) is 10.1. The van der Waals surface area contributed by atoms with Gasteiger partial charge < -0.3 is 9.88 Å². The number of rotatable bonds is 4. The Morgan fingerprint density at radius 3 is 2.88 bits per heavy atom. The van der Waals surface area contributed by atoms with Crippen molar-refractivity contribution in [2.24, 2.45) is 0 Å². The molecule has 0 fully saturated rings. The molecule has 2 rings (SSSR count). The van der Waals surface area contributed by atoms with Gasteiger partial charge in [-0.2, -0.15) is 0 Å². The van der Waals surface area contributed by atoms with E-state index >= 15 is 0 Å². The van der Waals surface area contributed by atoms with Gasteiger partial charge >= 0.3 is 0 Å². The molecule has 3 nitrogen and oxygen atoms in total. The van der Waals surface area contributed by atoms with Gasteiger partial charge in [-0.1, -0.05) is 30.7 Å². The number of para-hydroxylation sites is 1. The first-order valence-corrected chi connectivity index (χ1v) is 6.10. The van der Waals surface area contributed by atoms with Crippen molar-refractivity contribution in [3.63, 3.8) is 0 Å². The van der Waals surface area contributed by atoms with Gasteiger partial charge in [0.15, 0.2) is 0 Å². The van der Waals surface area contributed by atoms with Crippen LogP contribution in [0.5, 0.6) is 0 Å². The summed E-state index contributed by atoms with van der Waals surface area (Å²) in [5.74, 6) is 0.941. The van der Waals surface area contributed by atoms with Crippen LogP contribution in [0.2, 0.25) is 5.02 Å². The monoisotopic (exact) mass is 249 g/mol. The zero-order chi connectivity index (χ0) is 12.3. The van der Waals surface area contributed by atoms with E-state index in [0.717, 1.165) is 29.6 Å². The molecule has 1 aromatic carbocycles. The maximum Gasteiger partial charge on any atom is 0.110 e. The van der Waals surface area contributed by atoms with Crippen molar-refractivity contribution >= 4 is 11.6 Å². The summed E-state index contributed by atoms with van der Waals surface area (Å²) >= 11 is 6.30. The molecule has 0 amide bonds. The van der Waals surface area contributed by atoms with Crippen molar-refractivity contribution in [2.45, 2.75) is 20.4 Å². The predicted molar refractivity (Wildman–Crippen MR) is 70.7 cm³/mol. The minimum Gasteiger partial charge on any atom is -0.313 e. The van der Waals surface area contributed by atoms with Crippen LogP contribution in [0.25, 0.3) is 5.69 Å². The molecule has 0 radical (unpaired) electrons. The maximum atomic E-state index is 6.30. The van der Waals surface area contributed by atoms with Crippen LogP contribution in [0.3, 0.4) is 0 Å². The van der Waals surface area contributed by atoms with E-state index < -0.39 is 0 Å². The number of aryl methyl sites for hydroxylation is 1. The summed E-state index contributed by atoms with van der Waals surface area (Å²) < 4.78 is 2.02. The molecule has 0 atom stereocenters. The third kappa shape index (κ3) is 2.51. The first-order valence-electron chi connectivity index (χ1n) is 5.72. The number of nitrogens with one attached hydrogen (secondary N) is 1. The lowest BCUT2D eigenvalue weighted by Gasteiger charge is -2.14. The first kappa shape index (κ1) is 12.1. The van der Waals surface area contributed by atoms with Gasteiger partial charge in [0.25, 0.3) is 0 Å². The molecule has 0 saturated carbocycles. The number of aromatic nitrogens is 2. The molecule has 0 bridgehead atoms. The normalized spacial score (nSPS) is 10.8. The Morgan fingerprint density at radius 1 is 1.41 bits per heavy atom. The van der Waals surface area contributed by atoms with Crippen molar-refractivity contribution in [3.8, 4) is 5.69 Å². The molecule has 0 aliphatic carbocycles. The lowest BCUT2D eigenvalue weighted by molar-refractivity contribution is 0.721. The van der Waals surface area contributed by atoms with Crippen LogP contribution < -0.4 is 5.32 Å². The SMILES string of the molecule is CCNCc1cccc(Cl)c1-n1ccnc1C. The average Bonchev–Trinajstić information content (AvgIpc) is 2.73. The highest BCUT2D eigenvalue weighted by molar-refractivity contribution is 6.32. The molecule has 0 unspecified atom stereocenters. The topological polar surface area (TPSA) is 29.9 Å². The molecular formula is C13H16ClN3. The highest BCUT2D eigenvalue weighted by Gasteiger charge is 2.10. The van der Waals surface area contributed by atoms with E-state index in [1.165, 1.54) is 5.56 Å². The fourth-order valence-electron chi connectivity index (χ4n) is 1.85. The van der Waals surface area contributed by atoms with E-state index in [1.807, 2.05) is 29.8 Å². The Labute approximate surface area is 106 Å². The quantitative estimate of drug-likeness (QED) is 0.903. The van der Waals surface area contributed by atoms with Gasteiger partial charge in [-0.05, 0) is 25.1 Å². The van der Waals surface area contributed by atoms with Gasteiger partial charge in [-0.15, -0.1) is 0 Å². The number of imidazole rings is 1. The Bertz CT molecular complexity index is 505. The molecule has 0 aliphatic heterocycles. The van der Waals surface area contributed by atoms with Gasteiger partial charge in [0, 0.05) is 18.9 Å². The summed E-state index contributed by atoms with van der Waals surface area (Å²) in [7, 11) is 0. The smallest absolute Gasteiger partial charge is 0.110 e. The molecule has 0 aliphatic rings. The highest BCUT2D eigenvalue weighted by Crippen LogP contribution is 2.25. The van der Waals surface area contributed by atoms with E-state index in [-0.39, 0.29) is 0 Å². The van der Waals surface area contributed by atoms with E-state index in [9.17, 15) is 0 Å². The second-order valence-electron chi connectivity index (χ2n) is 3.87. The fourth-order valence-corrected chi connectivity index (χ4v) is 2.13. The van der Waals surface area contributed by atoms with Crippen LogP contribution >= 0.6 is 11.6 Å². The third-order valence-electron chi connectivity index (χ3n) is 2.70. The third-order valence-corrected chi connectivity index (χ3v) is 3.01. The van der Waals surface area contributed by atoms with Crippen LogP contribution in [-0.2, 0) is 6.54 Å². The Balaban J connectivity index is 2.47. The molecule has 2 aromatic rings. The first-order chi connectivity index (χ1) is 8.24. The van der Waals surface area contributed by atoms with Crippen LogP contribution in [-0.4, -0.2) is 16.1 Å². The van der Waals surface area contributed by atoms with Crippen molar-refractivity contribution in [1.82, 2.24) is 14.9 Å². The maximum absolute atomic E-state index is 6.30. The van der Waals surface area contributed by atoms with Gasteiger partial charge in [0.1, 0.15) is 5.82 Å². The van der Waals surface area contributed by atoms with Crippen LogP contribution in [0.1, 0.15) is 18.3 Å². The van der Waals surface area contributed by atoms with Gasteiger partial charge in [0.05, 0.1) is 10.7 Å². The lowest BCUT2D eigenvalue weighted by Crippen LogP contribution is -2.14. The molecule has 4 heteroatoms. The largest absolute Gasteiger partial charge is 0.313 e. The number of hydrogen-bond donors (Lipinski definition) is 1. The Morgan fingerprint density at radius 2 is 2.24 bits per heavy atom. The second-order valence-corrected chi connectivity index (χ2v) is 4.28. The molecular weight excluding hydrogens is 234 g/mol. The van der Waals surface area contributed by atoms with Crippen molar-refractivity contribution in [3.05, 3.63) is 47.0 Å². The van der Waals surface area contributed by atoms with Crippen molar-refractivity contribution < 1.29 is 0 Å². The van der Waals surface area contributed by atoms with E-state index in [4.69, 9.17) is 11.6 Å². The van der Waals surface area contributed by atoms with E-state index in [0.29, 0.717) is 0 Å². The highest BCUT2D eigenvalue weighted by atomic mass is 35.5. The summed E-state index contributed by atoms with van der Waals surface area (Å²) in [6.45, 7) is 5.81. The predicted octanol–water partition coefficient (Wildman–Crippen LogP) is 2.94. The van der Waals surface area contributed by atoms with Crippen LogP contribution in [0.15, 0.2) is 30.6 Å². The average molecular weight is 250 g/mol. The minimum absolute atomic E-state index is 0.751. The minimum atomic E-state index is 0.751.